The quantitative estimate of drug-likeness (QED) is 0.441. The Morgan fingerprint density at radius 1 is 0.862 bits per heavy atom. The maximum atomic E-state index is 5.71. The molecule has 1 aromatic heterocycles. The predicted molar refractivity (Wildman–Crippen MR) is 117 cm³/mol. The van der Waals surface area contributed by atoms with Gasteiger partial charge in [-0.1, -0.05) is 97.1 Å². The van der Waals surface area contributed by atoms with Crippen LogP contribution in [-0.2, 0) is 0 Å². The number of hydrogen-bond donors (Lipinski definition) is 1. The van der Waals surface area contributed by atoms with Crippen LogP contribution in [0.4, 0.5) is 0 Å². The number of aromatic nitrogens is 1. The van der Waals surface area contributed by atoms with Gasteiger partial charge in [-0.25, -0.2) is 4.98 Å². The molecule has 0 aliphatic heterocycles. The molecular formula is C26H24N2O. The molecule has 0 fully saturated rings. The van der Waals surface area contributed by atoms with Gasteiger partial charge in [-0.3, -0.25) is 5.32 Å². The fraction of sp³-hybridized carbons (Fsp3) is 0.115. The van der Waals surface area contributed by atoms with E-state index in [1.54, 1.807) is 6.26 Å². The summed E-state index contributed by atoms with van der Waals surface area (Å²) in [7, 11) is 0. The lowest BCUT2D eigenvalue weighted by molar-refractivity contribution is 0.440. The molecule has 0 radical (unpaired) electrons. The topological polar surface area (TPSA) is 38.1 Å². The summed E-state index contributed by atoms with van der Waals surface area (Å²) in [5.41, 5.74) is 5.61. The molecule has 0 aliphatic carbocycles. The molecule has 3 heteroatoms. The Hall–Kier alpha value is -3.43. The molecule has 4 rings (SSSR count). The van der Waals surface area contributed by atoms with Gasteiger partial charge in [0, 0.05) is 6.54 Å². The van der Waals surface area contributed by atoms with E-state index in [1.165, 1.54) is 16.7 Å². The highest BCUT2D eigenvalue weighted by Gasteiger charge is 2.18. The molecule has 0 spiro atoms. The zero-order chi connectivity index (χ0) is 19.9. The van der Waals surface area contributed by atoms with E-state index >= 15 is 0 Å². The van der Waals surface area contributed by atoms with Gasteiger partial charge < -0.3 is 4.42 Å². The Morgan fingerprint density at radius 2 is 1.41 bits per heavy atom. The van der Waals surface area contributed by atoms with Crippen molar-refractivity contribution in [2.45, 2.75) is 13.0 Å². The largest absolute Gasteiger partial charge is 0.447 e. The van der Waals surface area contributed by atoms with E-state index in [-0.39, 0.29) is 6.04 Å². The zero-order valence-electron chi connectivity index (χ0n) is 16.5. The van der Waals surface area contributed by atoms with Crippen molar-refractivity contribution < 1.29 is 4.42 Å². The van der Waals surface area contributed by atoms with Crippen LogP contribution in [0, 0.1) is 6.92 Å². The summed E-state index contributed by atoms with van der Waals surface area (Å²) in [5, 5.41) is 3.60. The van der Waals surface area contributed by atoms with E-state index in [9.17, 15) is 0 Å². The van der Waals surface area contributed by atoms with Gasteiger partial charge in [-0.05, 0) is 29.2 Å². The highest BCUT2D eigenvalue weighted by molar-refractivity contribution is 5.79. The number of benzene rings is 3. The van der Waals surface area contributed by atoms with Crippen LogP contribution in [0.3, 0.4) is 0 Å². The van der Waals surface area contributed by atoms with Crippen LogP contribution in [0.15, 0.2) is 108 Å². The Labute approximate surface area is 171 Å². The third kappa shape index (κ3) is 4.71. The number of nitrogens with zero attached hydrogens (tertiary/aromatic N) is 1. The second kappa shape index (κ2) is 9.18. The lowest BCUT2D eigenvalue weighted by Crippen LogP contribution is -2.23. The fourth-order valence-corrected chi connectivity index (χ4v) is 3.41. The fourth-order valence-electron chi connectivity index (χ4n) is 3.41. The van der Waals surface area contributed by atoms with Gasteiger partial charge in [0.15, 0.2) is 0 Å². The van der Waals surface area contributed by atoms with Gasteiger partial charge in [0.2, 0.25) is 5.89 Å². The number of oxazole rings is 1. The van der Waals surface area contributed by atoms with Crippen molar-refractivity contribution in [3.63, 3.8) is 0 Å². The number of nitrogens with one attached hydrogen (secondary N) is 1. The summed E-state index contributed by atoms with van der Waals surface area (Å²) < 4.78 is 5.71. The highest BCUT2D eigenvalue weighted by atomic mass is 16.3. The van der Waals surface area contributed by atoms with Crippen LogP contribution >= 0.6 is 0 Å². The molecule has 0 amide bonds. The first-order chi connectivity index (χ1) is 14.3. The average Bonchev–Trinajstić information content (AvgIpc) is 3.21. The maximum absolute atomic E-state index is 5.71. The summed E-state index contributed by atoms with van der Waals surface area (Å²) >= 11 is 0. The van der Waals surface area contributed by atoms with Crippen LogP contribution in [0.5, 0.6) is 0 Å². The molecule has 0 saturated carbocycles. The average molecular weight is 380 g/mol. The SMILES string of the molecule is Cc1coc(C(NCC=C(c2ccccc2)c2ccccc2)c2ccccc2)n1. The molecule has 1 unspecified atom stereocenters. The number of hydrogen-bond acceptors (Lipinski definition) is 3. The Kier molecular flexibility index (Phi) is 5.98. The molecule has 29 heavy (non-hydrogen) atoms. The normalized spacial score (nSPS) is 11.8. The maximum Gasteiger partial charge on any atom is 0.215 e. The summed E-state index contributed by atoms with van der Waals surface area (Å²) in [4.78, 5) is 4.55. The van der Waals surface area contributed by atoms with Crippen LogP contribution in [0.2, 0.25) is 0 Å². The first-order valence-electron chi connectivity index (χ1n) is 9.82. The van der Waals surface area contributed by atoms with Gasteiger partial charge >= 0.3 is 0 Å². The van der Waals surface area contributed by atoms with Gasteiger partial charge in [0.1, 0.15) is 12.3 Å². The summed E-state index contributed by atoms with van der Waals surface area (Å²) in [6, 6.07) is 31.1. The van der Waals surface area contributed by atoms with Crippen LogP contribution < -0.4 is 5.32 Å². The Morgan fingerprint density at radius 3 is 1.93 bits per heavy atom. The molecule has 0 saturated heterocycles. The van der Waals surface area contributed by atoms with Crippen molar-refractivity contribution in [2.24, 2.45) is 0 Å². The highest BCUT2D eigenvalue weighted by Crippen LogP contribution is 2.24. The lowest BCUT2D eigenvalue weighted by atomic mass is 9.97. The third-order valence-corrected chi connectivity index (χ3v) is 4.81. The molecule has 1 atom stereocenters. The van der Waals surface area contributed by atoms with Crippen molar-refractivity contribution in [3.8, 4) is 0 Å². The molecule has 4 aromatic rings. The molecule has 0 aliphatic rings. The van der Waals surface area contributed by atoms with Crippen molar-refractivity contribution in [3.05, 3.63) is 132 Å². The third-order valence-electron chi connectivity index (χ3n) is 4.81. The minimum Gasteiger partial charge on any atom is -0.447 e. The van der Waals surface area contributed by atoms with Crippen molar-refractivity contribution in [1.29, 1.82) is 0 Å². The second-order valence-electron chi connectivity index (χ2n) is 6.93. The van der Waals surface area contributed by atoms with E-state index in [4.69, 9.17) is 4.42 Å². The van der Waals surface area contributed by atoms with E-state index in [2.05, 4.69) is 77.0 Å². The van der Waals surface area contributed by atoms with E-state index in [0.717, 1.165) is 11.3 Å². The zero-order valence-corrected chi connectivity index (χ0v) is 16.5. The standard InChI is InChI=1S/C26H24N2O/c1-20-19-29-26(28-20)25(23-15-9-4-10-16-23)27-18-17-24(21-11-5-2-6-12-21)22-13-7-3-8-14-22/h2-17,19,25,27H,18H2,1H3. The minimum absolute atomic E-state index is 0.103. The number of rotatable bonds is 7. The molecule has 1 heterocycles. The van der Waals surface area contributed by atoms with Gasteiger partial charge in [-0.2, -0.15) is 0 Å². The van der Waals surface area contributed by atoms with Crippen molar-refractivity contribution >= 4 is 5.57 Å². The van der Waals surface area contributed by atoms with E-state index < -0.39 is 0 Å². The van der Waals surface area contributed by atoms with Gasteiger partial charge in [-0.15, -0.1) is 0 Å². The van der Waals surface area contributed by atoms with Gasteiger partial charge in [0.05, 0.1) is 5.69 Å². The van der Waals surface area contributed by atoms with Crippen LogP contribution in [0.25, 0.3) is 5.57 Å². The number of aryl methyl sites for hydroxylation is 1. The first-order valence-corrected chi connectivity index (χ1v) is 9.82. The molecule has 0 bridgehead atoms. The summed E-state index contributed by atoms with van der Waals surface area (Å²) in [5.74, 6) is 0.683. The second-order valence-corrected chi connectivity index (χ2v) is 6.93. The molecule has 144 valence electrons. The Balaban J connectivity index is 1.62. The first kappa shape index (κ1) is 18.9. The van der Waals surface area contributed by atoms with Gasteiger partial charge in [0.25, 0.3) is 0 Å². The van der Waals surface area contributed by atoms with Crippen LogP contribution in [-0.4, -0.2) is 11.5 Å². The predicted octanol–water partition coefficient (Wildman–Crippen LogP) is 5.79. The smallest absolute Gasteiger partial charge is 0.215 e. The molecule has 3 nitrogen and oxygen atoms in total. The summed E-state index contributed by atoms with van der Waals surface area (Å²) in [6.07, 6.45) is 3.93. The molecule has 3 aromatic carbocycles. The molecule has 1 N–H and O–H groups in total. The summed E-state index contributed by atoms with van der Waals surface area (Å²) in [6.45, 7) is 2.62. The monoisotopic (exact) mass is 380 g/mol. The lowest BCUT2D eigenvalue weighted by Gasteiger charge is -2.16. The molecular weight excluding hydrogens is 356 g/mol. The minimum atomic E-state index is -0.103. The Bertz CT molecular complexity index is 1010. The van der Waals surface area contributed by atoms with E-state index in [0.29, 0.717) is 12.4 Å². The van der Waals surface area contributed by atoms with Crippen molar-refractivity contribution in [1.82, 2.24) is 10.3 Å². The van der Waals surface area contributed by atoms with Crippen molar-refractivity contribution in [2.75, 3.05) is 6.54 Å². The van der Waals surface area contributed by atoms with Crippen LogP contribution in [0.1, 0.15) is 34.3 Å². The van der Waals surface area contributed by atoms with E-state index in [1.807, 2.05) is 37.3 Å².